The number of hydrogen-bond acceptors (Lipinski definition) is 3. The first kappa shape index (κ1) is 20.0. The summed E-state index contributed by atoms with van der Waals surface area (Å²) in [6, 6.07) is 15.5. The van der Waals surface area contributed by atoms with Crippen LogP contribution in [0.4, 0.5) is 5.69 Å². The number of likely N-dealkylation sites (tertiary alicyclic amines) is 1. The molecule has 0 aromatic heterocycles. The number of carbonyl (C=O) groups is 2. The molecule has 2 aromatic rings. The molecule has 4 rings (SSSR count). The first-order valence-electron chi connectivity index (χ1n) is 10.3. The molecule has 2 fully saturated rings. The highest BCUT2D eigenvalue weighted by Crippen LogP contribution is 2.26. The average molecular weight is 456 g/mol. The summed E-state index contributed by atoms with van der Waals surface area (Å²) < 4.78 is 0.902. The van der Waals surface area contributed by atoms with Gasteiger partial charge >= 0.3 is 0 Å². The maximum atomic E-state index is 12.9. The van der Waals surface area contributed by atoms with E-state index < -0.39 is 0 Å². The lowest BCUT2D eigenvalue weighted by Gasteiger charge is -2.35. The molecule has 0 unspecified atom stereocenters. The van der Waals surface area contributed by atoms with E-state index in [1.165, 1.54) is 0 Å². The summed E-state index contributed by atoms with van der Waals surface area (Å²) in [7, 11) is 0. The Morgan fingerprint density at radius 2 is 1.66 bits per heavy atom. The Morgan fingerprint density at radius 3 is 2.38 bits per heavy atom. The molecule has 0 aliphatic carbocycles. The number of nitrogens with zero attached hydrogens (tertiary/aromatic N) is 2. The van der Waals surface area contributed by atoms with E-state index >= 15 is 0 Å². The zero-order chi connectivity index (χ0) is 20.2. The van der Waals surface area contributed by atoms with Crippen LogP contribution in [-0.2, 0) is 0 Å². The van der Waals surface area contributed by atoms with Crippen molar-refractivity contribution in [2.75, 3.05) is 31.1 Å². The van der Waals surface area contributed by atoms with Crippen molar-refractivity contribution in [1.29, 1.82) is 0 Å². The molecule has 6 heteroatoms. The monoisotopic (exact) mass is 455 g/mol. The van der Waals surface area contributed by atoms with E-state index in [1.807, 2.05) is 53.4 Å². The molecule has 0 atom stereocenters. The van der Waals surface area contributed by atoms with E-state index in [0.29, 0.717) is 5.56 Å². The van der Waals surface area contributed by atoms with Crippen LogP contribution >= 0.6 is 15.9 Å². The highest BCUT2D eigenvalue weighted by atomic mass is 79.9. The fraction of sp³-hybridized carbons (Fsp3) is 0.391. The van der Waals surface area contributed by atoms with Crippen LogP contribution in [0.5, 0.6) is 0 Å². The predicted octanol–water partition coefficient (Wildman–Crippen LogP) is 4.08. The molecule has 0 spiro atoms. The van der Waals surface area contributed by atoms with E-state index in [-0.39, 0.29) is 17.9 Å². The number of hydrogen-bond donors (Lipinski definition) is 1. The maximum Gasteiger partial charge on any atom is 0.255 e. The SMILES string of the molecule is O=C(NC1CCN(c2ccccc2C(=O)N2CCCC2)CC1)c1cccc(Br)c1. The van der Waals surface area contributed by atoms with Crippen molar-refractivity contribution in [2.45, 2.75) is 31.7 Å². The Balaban J connectivity index is 1.39. The van der Waals surface area contributed by atoms with Crippen LogP contribution in [0.2, 0.25) is 0 Å². The van der Waals surface area contributed by atoms with Crippen LogP contribution in [0.3, 0.4) is 0 Å². The summed E-state index contributed by atoms with van der Waals surface area (Å²) in [6.45, 7) is 3.37. The molecule has 29 heavy (non-hydrogen) atoms. The van der Waals surface area contributed by atoms with Crippen molar-refractivity contribution < 1.29 is 9.59 Å². The molecule has 2 amide bonds. The molecule has 2 aliphatic rings. The van der Waals surface area contributed by atoms with Crippen LogP contribution in [0, 0.1) is 0 Å². The van der Waals surface area contributed by atoms with Gasteiger partial charge in [-0.3, -0.25) is 9.59 Å². The minimum Gasteiger partial charge on any atom is -0.371 e. The van der Waals surface area contributed by atoms with Crippen molar-refractivity contribution in [3.8, 4) is 0 Å². The van der Waals surface area contributed by atoms with Gasteiger partial charge in [-0.05, 0) is 56.0 Å². The fourth-order valence-electron chi connectivity index (χ4n) is 4.18. The summed E-state index contributed by atoms with van der Waals surface area (Å²) in [6.07, 6.45) is 3.92. The van der Waals surface area contributed by atoms with E-state index in [0.717, 1.165) is 67.6 Å². The molecule has 2 saturated heterocycles. The second-order valence-corrected chi connectivity index (χ2v) is 8.68. The summed E-state index contributed by atoms with van der Waals surface area (Å²) in [4.78, 5) is 29.7. The zero-order valence-corrected chi connectivity index (χ0v) is 18.0. The van der Waals surface area contributed by atoms with E-state index in [2.05, 4.69) is 26.1 Å². The summed E-state index contributed by atoms with van der Waals surface area (Å²) >= 11 is 3.41. The van der Waals surface area contributed by atoms with Crippen molar-refractivity contribution in [2.24, 2.45) is 0 Å². The lowest BCUT2D eigenvalue weighted by Crippen LogP contribution is -2.45. The normalized spacial score (nSPS) is 17.4. The lowest BCUT2D eigenvalue weighted by atomic mass is 10.0. The number of nitrogens with one attached hydrogen (secondary N) is 1. The van der Waals surface area contributed by atoms with Crippen molar-refractivity contribution in [1.82, 2.24) is 10.2 Å². The molecule has 1 N–H and O–H groups in total. The van der Waals surface area contributed by atoms with Crippen molar-refractivity contribution in [3.63, 3.8) is 0 Å². The summed E-state index contributed by atoms with van der Waals surface area (Å²) in [5, 5.41) is 3.15. The van der Waals surface area contributed by atoms with Gasteiger partial charge in [0.1, 0.15) is 0 Å². The highest BCUT2D eigenvalue weighted by Gasteiger charge is 2.26. The third-order valence-corrected chi connectivity index (χ3v) is 6.28. The number of carbonyl (C=O) groups excluding carboxylic acids is 2. The van der Waals surface area contributed by atoms with Gasteiger partial charge in [0, 0.05) is 47.9 Å². The molecule has 5 nitrogen and oxygen atoms in total. The molecular weight excluding hydrogens is 430 g/mol. The molecule has 2 heterocycles. The first-order valence-corrected chi connectivity index (χ1v) is 11.1. The number of piperidine rings is 1. The summed E-state index contributed by atoms with van der Waals surface area (Å²) in [5.41, 5.74) is 2.48. The van der Waals surface area contributed by atoms with Gasteiger partial charge in [-0.1, -0.05) is 34.1 Å². The zero-order valence-electron chi connectivity index (χ0n) is 16.4. The minimum atomic E-state index is -0.0330. The molecule has 2 aliphatic heterocycles. The Morgan fingerprint density at radius 1 is 0.931 bits per heavy atom. The van der Waals surface area contributed by atoms with Gasteiger partial charge in [0.05, 0.1) is 5.56 Å². The van der Waals surface area contributed by atoms with Crippen LogP contribution in [-0.4, -0.2) is 48.9 Å². The number of benzene rings is 2. The van der Waals surface area contributed by atoms with Crippen molar-refractivity contribution >= 4 is 33.4 Å². The summed E-state index contributed by atoms with van der Waals surface area (Å²) in [5.74, 6) is 0.109. The predicted molar refractivity (Wildman–Crippen MR) is 118 cm³/mol. The van der Waals surface area contributed by atoms with Crippen LogP contribution in [0.15, 0.2) is 53.0 Å². The fourth-order valence-corrected chi connectivity index (χ4v) is 4.58. The maximum absolute atomic E-state index is 12.9. The Kier molecular flexibility index (Phi) is 6.19. The molecule has 0 radical (unpaired) electrons. The Hall–Kier alpha value is -2.34. The van der Waals surface area contributed by atoms with E-state index in [9.17, 15) is 9.59 Å². The molecule has 0 bridgehead atoms. The van der Waals surface area contributed by atoms with E-state index in [1.54, 1.807) is 0 Å². The molecule has 0 saturated carbocycles. The Bertz CT molecular complexity index is 887. The second kappa shape index (κ2) is 8.99. The van der Waals surface area contributed by atoms with Gasteiger partial charge in [-0.2, -0.15) is 0 Å². The van der Waals surface area contributed by atoms with Gasteiger partial charge in [0.2, 0.25) is 0 Å². The van der Waals surface area contributed by atoms with Crippen LogP contribution < -0.4 is 10.2 Å². The third-order valence-electron chi connectivity index (χ3n) is 5.79. The molecule has 2 aromatic carbocycles. The number of rotatable bonds is 4. The van der Waals surface area contributed by atoms with Gasteiger partial charge in [0.15, 0.2) is 0 Å². The van der Waals surface area contributed by atoms with Gasteiger partial charge in [0.25, 0.3) is 11.8 Å². The van der Waals surface area contributed by atoms with E-state index in [4.69, 9.17) is 0 Å². The van der Waals surface area contributed by atoms with Gasteiger partial charge in [-0.25, -0.2) is 0 Å². The smallest absolute Gasteiger partial charge is 0.255 e. The second-order valence-electron chi connectivity index (χ2n) is 7.76. The average Bonchev–Trinajstić information content (AvgIpc) is 3.29. The quantitative estimate of drug-likeness (QED) is 0.755. The minimum absolute atomic E-state index is 0.0330. The van der Waals surface area contributed by atoms with Gasteiger partial charge < -0.3 is 15.1 Å². The third kappa shape index (κ3) is 4.64. The van der Waals surface area contributed by atoms with Gasteiger partial charge in [-0.15, -0.1) is 0 Å². The number of amides is 2. The van der Waals surface area contributed by atoms with Crippen molar-refractivity contribution in [3.05, 3.63) is 64.1 Å². The number of para-hydroxylation sites is 1. The molecular formula is C23H26BrN3O2. The lowest BCUT2D eigenvalue weighted by molar-refractivity contribution is 0.0793. The highest BCUT2D eigenvalue weighted by molar-refractivity contribution is 9.10. The first-order chi connectivity index (χ1) is 14.1. The molecule has 152 valence electrons. The largest absolute Gasteiger partial charge is 0.371 e. The van der Waals surface area contributed by atoms with Crippen LogP contribution in [0.1, 0.15) is 46.4 Å². The number of anilines is 1. The number of halogens is 1. The standard InChI is InChI=1S/C23H26BrN3O2/c24-18-7-5-6-17(16-18)22(28)25-19-10-14-26(15-11-19)21-9-2-1-8-20(21)23(29)27-12-3-4-13-27/h1-2,5-9,16,19H,3-4,10-15H2,(H,25,28). The van der Waals surface area contributed by atoms with Crippen LogP contribution in [0.25, 0.3) is 0 Å². The topological polar surface area (TPSA) is 52.7 Å². The Labute approximate surface area is 180 Å².